The molecule has 114 valence electrons. The molecule has 0 unspecified atom stereocenters. The Hall–Kier alpha value is -2.48. The molecule has 0 atom stereocenters. The minimum atomic E-state index is -0.924. The third-order valence-electron chi connectivity index (χ3n) is 3.05. The van der Waals surface area contributed by atoms with E-state index in [0.717, 1.165) is 6.07 Å². The van der Waals surface area contributed by atoms with Gasteiger partial charge in [0.2, 0.25) is 5.91 Å². The van der Waals surface area contributed by atoms with Gasteiger partial charge in [-0.25, -0.2) is 0 Å². The SMILES string of the molecule is CCN(CCC(=O)O)Cc1ccc(C(N)=O)cc1[N+](=O)[O-]. The van der Waals surface area contributed by atoms with Crippen LogP contribution in [0.3, 0.4) is 0 Å². The van der Waals surface area contributed by atoms with Crippen LogP contribution in [0.2, 0.25) is 0 Å². The van der Waals surface area contributed by atoms with Gasteiger partial charge >= 0.3 is 5.97 Å². The second-order valence-corrected chi connectivity index (χ2v) is 4.48. The van der Waals surface area contributed by atoms with Gasteiger partial charge in [-0.1, -0.05) is 13.0 Å². The lowest BCUT2D eigenvalue weighted by Crippen LogP contribution is -2.26. The van der Waals surface area contributed by atoms with Crippen LogP contribution in [0.5, 0.6) is 0 Å². The number of hydrogen-bond donors (Lipinski definition) is 2. The number of rotatable bonds is 8. The van der Waals surface area contributed by atoms with Gasteiger partial charge in [0.25, 0.3) is 5.69 Å². The highest BCUT2D eigenvalue weighted by molar-refractivity contribution is 5.93. The van der Waals surface area contributed by atoms with Gasteiger partial charge in [-0.05, 0) is 12.6 Å². The second-order valence-electron chi connectivity index (χ2n) is 4.48. The fourth-order valence-corrected chi connectivity index (χ4v) is 1.86. The molecule has 1 aromatic carbocycles. The number of aliphatic carboxylic acids is 1. The van der Waals surface area contributed by atoms with Crippen LogP contribution in [-0.2, 0) is 11.3 Å². The van der Waals surface area contributed by atoms with Gasteiger partial charge in [0, 0.05) is 30.3 Å². The van der Waals surface area contributed by atoms with Crippen LogP contribution in [0.1, 0.15) is 29.3 Å². The van der Waals surface area contributed by atoms with Gasteiger partial charge < -0.3 is 10.8 Å². The van der Waals surface area contributed by atoms with Crippen LogP contribution in [0.25, 0.3) is 0 Å². The lowest BCUT2D eigenvalue weighted by Gasteiger charge is -2.19. The molecule has 0 saturated carbocycles. The van der Waals surface area contributed by atoms with Crippen molar-refractivity contribution < 1.29 is 19.6 Å². The number of carbonyl (C=O) groups excluding carboxylic acids is 1. The number of benzene rings is 1. The fraction of sp³-hybridized carbons (Fsp3) is 0.385. The zero-order valence-electron chi connectivity index (χ0n) is 11.6. The summed E-state index contributed by atoms with van der Waals surface area (Å²) in [5.41, 5.74) is 5.39. The third kappa shape index (κ3) is 4.84. The summed E-state index contributed by atoms with van der Waals surface area (Å²) in [4.78, 5) is 33.9. The Balaban J connectivity index is 2.97. The molecule has 3 N–H and O–H groups in total. The maximum Gasteiger partial charge on any atom is 0.304 e. The highest BCUT2D eigenvalue weighted by atomic mass is 16.6. The molecular weight excluding hydrogens is 278 g/mol. The van der Waals surface area contributed by atoms with Crippen molar-refractivity contribution in [1.29, 1.82) is 0 Å². The Labute approximate surface area is 121 Å². The van der Waals surface area contributed by atoms with E-state index < -0.39 is 16.8 Å². The molecule has 1 rings (SSSR count). The standard InChI is InChI=1S/C13H17N3O5/c1-2-15(6-5-12(17)18)8-10-4-3-9(13(14)19)7-11(10)16(20)21/h3-4,7H,2,5-6,8H2,1H3,(H2,14,19)(H,17,18). The molecule has 0 fully saturated rings. The van der Waals surface area contributed by atoms with Gasteiger partial charge in [0.1, 0.15) is 0 Å². The van der Waals surface area contributed by atoms with Gasteiger partial charge in [0.05, 0.1) is 11.3 Å². The van der Waals surface area contributed by atoms with Crippen LogP contribution in [0.15, 0.2) is 18.2 Å². The zero-order chi connectivity index (χ0) is 16.0. The van der Waals surface area contributed by atoms with E-state index in [1.165, 1.54) is 12.1 Å². The van der Waals surface area contributed by atoms with Crippen LogP contribution >= 0.6 is 0 Å². The van der Waals surface area contributed by atoms with E-state index in [1.54, 1.807) is 4.90 Å². The van der Waals surface area contributed by atoms with Crippen LogP contribution in [0, 0.1) is 10.1 Å². The molecule has 21 heavy (non-hydrogen) atoms. The van der Waals surface area contributed by atoms with Gasteiger partial charge in [-0.3, -0.25) is 24.6 Å². The number of carboxylic acids is 1. The minimum absolute atomic E-state index is 0.0407. The number of nitro benzene ring substituents is 1. The van der Waals surface area contributed by atoms with Crippen molar-refractivity contribution in [3.8, 4) is 0 Å². The van der Waals surface area contributed by atoms with Crippen molar-refractivity contribution in [2.75, 3.05) is 13.1 Å². The minimum Gasteiger partial charge on any atom is -0.481 e. The topological polar surface area (TPSA) is 127 Å². The quantitative estimate of drug-likeness (QED) is 0.544. The molecule has 0 aliphatic rings. The third-order valence-corrected chi connectivity index (χ3v) is 3.05. The lowest BCUT2D eigenvalue weighted by molar-refractivity contribution is -0.385. The number of carboxylic acid groups (broad SMARTS) is 1. The highest BCUT2D eigenvalue weighted by Crippen LogP contribution is 2.22. The van der Waals surface area contributed by atoms with E-state index >= 15 is 0 Å². The monoisotopic (exact) mass is 295 g/mol. The molecule has 8 nitrogen and oxygen atoms in total. The lowest BCUT2D eigenvalue weighted by atomic mass is 10.1. The van der Waals surface area contributed by atoms with Crippen molar-refractivity contribution in [1.82, 2.24) is 4.90 Å². The van der Waals surface area contributed by atoms with Gasteiger partial charge in [-0.15, -0.1) is 0 Å². The smallest absolute Gasteiger partial charge is 0.304 e. The van der Waals surface area contributed by atoms with Crippen molar-refractivity contribution in [2.24, 2.45) is 5.73 Å². The molecule has 0 aliphatic heterocycles. The Morgan fingerprint density at radius 1 is 1.43 bits per heavy atom. The summed E-state index contributed by atoms with van der Waals surface area (Å²) in [5.74, 6) is -1.66. The van der Waals surface area contributed by atoms with E-state index in [0.29, 0.717) is 18.7 Å². The maximum absolute atomic E-state index is 11.1. The van der Waals surface area contributed by atoms with Crippen molar-refractivity contribution in [2.45, 2.75) is 19.9 Å². The number of primary amides is 1. The second kappa shape index (κ2) is 7.34. The summed E-state index contributed by atoms with van der Waals surface area (Å²) < 4.78 is 0. The van der Waals surface area contributed by atoms with E-state index in [4.69, 9.17) is 10.8 Å². The van der Waals surface area contributed by atoms with Crippen molar-refractivity contribution in [3.63, 3.8) is 0 Å². The van der Waals surface area contributed by atoms with E-state index in [1.807, 2.05) is 6.92 Å². The average molecular weight is 295 g/mol. The molecule has 0 heterocycles. The molecule has 0 aliphatic carbocycles. The Morgan fingerprint density at radius 2 is 2.10 bits per heavy atom. The first-order chi connectivity index (χ1) is 9.85. The van der Waals surface area contributed by atoms with Crippen LogP contribution in [0.4, 0.5) is 5.69 Å². The Bertz CT molecular complexity index is 559. The molecule has 8 heteroatoms. The first-order valence-electron chi connectivity index (χ1n) is 6.36. The number of amides is 1. The first kappa shape index (κ1) is 16.6. The highest BCUT2D eigenvalue weighted by Gasteiger charge is 2.18. The van der Waals surface area contributed by atoms with Crippen LogP contribution < -0.4 is 5.73 Å². The molecule has 0 bridgehead atoms. The predicted molar refractivity (Wildman–Crippen MR) is 74.8 cm³/mol. The zero-order valence-corrected chi connectivity index (χ0v) is 11.6. The predicted octanol–water partition coefficient (Wildman–Crippen LogP) is 0.990. The molecule has 0 spiro atoms. The average Bonchev–Trinajstić information content (AvgIpc) is 2.42. The summed E-state index contributed by atoms with van der Waals surface area (Å²) in [5, 5.41) is 19.8. The number of carbonyl (C=O) groups is 2. The van der Waals surface area contributed by atoms with Crippen molar-refractivity contribution in [3.05, 3.63) is 39.4 Å². The van der Waals surface area contributed by atoms with Gasteiger partial charge in [0.15, 0.2) is 0 Å². The van der Waals surface area contributed by atoms with Gasteiger partial charge in [-0.2, -0.15) is 0 Å². The molecule has 1 aromatic rings. The summed E-state index contributed by atoms with van der Waals surface area (Å²) in [6.07, 6.45) is -0.0407. The largest absolute Gasteiger partial charge is 0.481 e. The Morgan fingerprint density at radius 3 is 2.57 bits per heavy atom. The normalized spacial score (nSPS) is 10.6. The summed E-state index contributed by atoms with van der Waals surface area (Å²) in [6.45, 7) is 2.92. The number of nitro groups is 1. The van der Waals surface area contributed by atoms with Crippen molar-refractivity contribution >= 4 is 17.6 Å². The Kier molecular flexibility index (Phi) is 5.79. The summed E-state index contributed by atoms with van der Waals surface area (Å²) >= 11 is 0. The molecule has 0 saturated heterocycles. The molecule has 1 amide bonds. The van der Waals surface area contributed by atoms with E-state index in [2.05, 4.69) is 0 Å². The molecule has 0 radical (unpaired) electrons. The molecule has 0 aromatic heterocycles. The van der Waals surface area contributed by atoms with Crippen LogP contribution in [-0.4, -0.2) is 39.9 Å². The number of hydrogen-bond acceptors (Lipinski definition) is 5. The number of nitrogens with two attached hydrogens (primary N) is 1. The fourth-order valence-electron chi connectivity index (χ4n) is 1.86. The van der Waals surface area contributed by atoms with E-state index in [9.17, 15) is 19.7 Å². The number of nitrogens with zero attached hydrogens (tertiary/aromatic N) is 2. The van der Waals surface area contributed by atoms with E-state index in [-0.39, 0.29) is 24.2 Å². The maximum atomic E-state index is 11.1. The molecular formula is C13H17N3O5. The summed E-state index contributed by atoms with van der Waals surface area (Å²) in [7, 11) is 0. The summed E-state index contributed by atoms with van der Waals surface area (Å²) in [6, 6.07) is 4.04. The first-order valence-corrected chi connectivity index (χ1v) is 6.36.